The fourth-order valence-corrected chi connectivity index (χ4v) is 1.56. The fraction of sp³-hybridized carbons (Fsp3) is 0.364. The number of aliphatic carboxylic acids is 1. The van der Waals surface area contributed by atoms with Crippen LogP contribution in [0.15, 0.2) is 12.1 Å². The number of hydrogen-bond donors (Lipinski definition) is 2. The first kappa shape index (κ1) is 12.3. The summed E-state index contributed by atoms with van der Waals surface area (Å²) in [6.45, 7) is 1.82. The Morgan fingerprint density at radius 2 is 2.00 bits per heavy atom. The molecule has 0 aliphatic heterocycles. The summed E-state index contributed by atoms with van der Waals surface area (Å²) in [5, 5.41) is 8.93. The molecule has 1 rings (SSSR count). The van der Waals surface area contributed by atoms with Crippen molar-refractivity contribution in [3.8, 4) is 11.5 Å². The summed E-state index contributed by atoms with van der Waals surface area (Å²) in [5.41, 5.74) is 6.77. The average molecular weight is 225 g/mol. The highest BCUT2D eigenvalue weighted by molar-refractivity contribution is 5.78. The highest BCUT2D eigenvalue weighted by atomic mass is 16.5. The molecular formula is C11H15NO4. The third-order valence-corrected chi connectivity index (χ3v) is 2.35. The van der Waals surface area contributed by atoms with E-state index in [1.54, 1.807) is 12.1 Å². The van der Waals surface area contributed by atoms with Gasteiger partial charge < -0.3 is 20.3 Å². The molecule has 88 valence electrons. The molecule has 0 bridgehead atoms. The normalized spacial score (nSPS) is 12.0. The molecule has 5 heteroatoms. The quantitative estimate of drug-likeness (QED) is 0.801. The minimum absolute atomic E-state index is 0.359. The molecular weight excluding hydrogens is 210 g/mol. The van der Waals surface area contributed by atoms with Crippen molar-refractivity contribution in [2.45, 2.75) is 13.0 Å². The summed E-state index contributed by atoms with van der Waals surface area (Å²) in [6, 6.07) is 2.30. The van der Waals surface area contributed by atoms with Gasteiger partial charge in [0, 0.05) is 0 Å². The predicted octanol–water partition coefficient (Wildman–Crippen LogP) is 1.10. The van der Waals surface area contributed by atoms with E-state index in [1.807, 2.05) is 6.92 Å². The zero-order chi connectivity index (χ0) is 12.3. The molecule has 1 aromatic carbocycles. The monoisotopic (exact) mass is 225 g/mol. The van der Waals surface area contributed by atoms with Gasteiger partial charge in [0.05, 0.1) is 19.8 Å². The molecule has 0 fully saturated rings. The summed E-state index contributed by atoms with van der Waals surface area (Å²) in [6.07, 6.45) is 0. The maximum atomic E-state index is 10.9. The van der Waals surface area contributed by atoms with Gasteiger partial charge in [0.1, 0.15) is 17.5 Å². The number of benzene rings is 1. The number of ether oxygens (including phenoxy) is 2. The van der Waals surface area contributed by atoms with Crippen molar-refractivity contribution in [2.75, 3.05) is 14.2 Å². The van der Waals surface area contributed by atoms with Crippen molar-refractivity contribution < 1.29 is 19.4 Å². The smallest absolute Gasteiger partial charge is 0.325 e. The van der Waals surface area contributed by atoms with Gasteiger partial charge in [0.15, 0.2) is 0 Å². The number of carbonyl (C=O) groups is 1. The molecule has 0 spiro atoms. The summed E-state index contributed by atoms with van der Waals surface area (Å²) < 4.78 is 10.3. The minimum atomic E-state index is -1.16. The van der Waals surface area contributed by atoms with Crippen LogP contribution in [0.2, 0.25) is 0 Å². The Labute approximate surface area is 93.8 Å². The largest absolute Gasteiger partial charge is 0.496 e. The van der Waals surface area contributed by atoms with Crippen LogP contribution in [-0.4, -0.2) is 25.3 Å². The van der Waals surface area contributed by atoms with Crippen molar-refractivity contribution in [3.63, 3.8) is 0 Å². The van der Waals surface area contributed by atoms with E-state index in [0.29, 0.717) is 17.1 Å². The SMILES string of the molecule is COc1ccc(C)c(OC)c1C(N)C(=O)O. The van der Waals surface area contributed by atoms with Crippen LogP contribution >= 0.6 is 0 Å². The summed E-state index contributed by atoms with van der Waals surface area (Å²) in [7, 11) is 2.93. The van der Waals surface area contributed by atoms with Gasteiger partial charge >= 0.3 is 5.97 Å². The van der Waals surface area contributed by atoms with E-state index in [2.05, 4.69) is 0 Å². The molecule has 1 unspecified atom stereocenters. The van der Waals surface area contributed by atoms with Gasteiger partial charge in [-0.3, -0.25) is 4.79 Å². The first-order chi connectivity index (χ1) is 7.52. The maximum Gasteiger partial charge on any atom is 0.325 e. The van der Waals surface area contributed by atoms with Crippen molar-refractivity contribution >= 4 is 5.97 Å². The molecule has 0 amide bonds. The number of aryl methyl sites for hydroxylation is 1. The van der Waals surface area contributed by atoms with Gasteiger partial charge in [-0.1, -0.05) is 6.07 Å². The number of carboxylic acid groups (broad SMARTS) is 1. The van der Waals surface area contributed by atoms with Crippen molar-refractivity contribution in [3.05, 3.63) is 23.3 Å². The molecule has 0 saturated heterocycles. The first-order valence-electron chi connectivity index (χ1n) is 4.72. The van der Waals surface area contributed by atoms with Crippen LogP contribution in [0.25, 0.3) is 0 Å². The molecule has 16 heavy (non-hydrogen) atoms. The van der Waals surface area contributed by atoms with Crippen LogP contribution in [0.1, 0.15) is 17.2 Å². The van der Waals surface area contributed by atoms with Crippen molar-refractivity contribution in [1.82, 2.24) is 0 Å². The number of nitrogens with two attached hydrogens (primary N) is 1. The summed E-state index contributed by atoms with van der Waals surface area (Å²) >= 11 is 0. The van der Waals surface area contributed by atoms with E-state index >= 15 is 0 Å². The van der Waals surface area contributed by atoms with Crippen LogP contribution in [0.4, 0.5) is 0 Å². The topological polar surface area (TPSA) is 81.8 Å². The molecule has 0 radical (unpaired) electrons. The third-order valence-electron chi connectivity index (χ3n) is 2.35. The van der Waals surface area contributed by atoms with E-state index in [4.69, 9.17) is 20.3 Å². The van der Waals surface area contributed by atoms with Crippen molar-refractivity contribution in [2.24, 2.45) is 5.73 Å². The van der Waals surface area contributed by atoms with Crippen LogP contribution in [0.3, 0.4) is 0 Å². The Morgan fingerprint density at radius 3 is 2.44 bits per heavy atom. The van der Waals surface area contributed by atoms with E-state index in [-0.39, 0.29) is 0 Å². The lowest BCUT2D eigenvalue weighted by Gasteiger charge is -2.17. The molecule has 0 heterocycles. The summed E-state index contributed by atoms with van der Waals surface area (Å²) in [5.74, 6) is -0.256. The van der Waals surface area contributed by atoms with Gasteiger partial charge in [0.25, 0.3) is 0 Å². The van der Waals surface area contributed by atoms with Crippen molar-refractivity contribution in [1.29, 1.82) is 0 Å². The molecule has 0 saturated carbocycles. The minimum Gasteiger partial charge on any atom is -0.496 e. The predicted molar refractivity (Wildman–Crippen MR) is 58.8 cm³/mol. The van der Waals surface area contributed by atoms with Gasteiger partial charge in [-0.05, 0) is 18.6 Å². The van der Waals surface area contributed by atoms with Gasteiger partial charge in [0.2, 0.25) is 0 Å². The second-order valence-electron chi connectivity index (χ2n) is 3.35. The lowest BCUT2D eigenvalue weighted by atomic mass is 10.0. The zero-order valence-corrected chi connectivity index (χ0v) is 9.48. The van der Waals surface area contributed by atoms with E-state index in [0.717, 1.165) is 5.56 Å². The van der Waals surface area contributed by atoms with Gasteiger partial charge in [-0.25, -0.2) is 0 Å². The van der Waals surface area contributed by atoms with E-state index < -0.39 is 12.0 Å². The first-order valence-corrected chi connectivity index (χ1v) is 4.72. The highest BCUT2D eigenvalue weighted by Crippen LogP contribution is 2.35. The van der Waals surface area contributed by atoms with E-state index in [9.17, 15) is 4.79 Å². The van der Waals surface area contributed by atoms with Crippen LogP contribution in [0.5, 0.6) is 11.5 Å². The Hall–Kier alpha value is -1.75. The Kier molecular flexibility index (Phi) is 3.73. The second kappa shape index (κ2) is 4.85. The highest BCUT2D eigenvalue weighted by Gasteiger charge is 2.24. The van der Waals surface area contributed by atoms with Crippen LogP contribution in [0, 0.1) is 6.92 Å². The second-order valence-corrected chi connectivity index (χ2v) is 3.35. The average Bonchev–Trinajstić information content (AvgIpc) is 2.27. The summed E-state index contributed by atoms with van der Waals surface area (Å²) in [4.78, 5) is 10.9. The Bertz CT molecular complexity index is 403. The number of hydrogen-bond acceptors (Lipinski definition) is 4. The molecule has 1 aromatic rings. The maximum absolute atomic E-state index is 10.9. The number of rotatable bonds is 4. The zero-order valence-electron chi connectivity index (χ0n) is 9.48. The number of methoxy groups -OCH3 is 2. The molecule has 5 nitrogen and oxygen atoms in total. The molecule has 3 N–H and O–H groups in total. The van der Waals surface area contributed by atoms with Crippen LogP contribution in [-0.2, 0) is 4.79 Å². The van der Waals surface area contributed by atoms with E-state index in [1.165, 1.54) is 14.2 Å². The molecule has 0 aliphatic rings. The Balaban J connectivity index is 3.41. The molecule has 0 aliphatic carbocycles. The Morgan fingerprint density at radius 1 is 1.38 bits per heavy atom. The fourth-order valence-electron chi connectivity index (χ4n) is 1.56. The standard InChI is InChI=1S/C11H15NO4/c1-6-4-5-7(15-2)8(10(6)16-3)9(12)11(13)14/h4-5,9H,12H2,1-3H3,(H,13,14). The van der Waals surface area contributed by atoms with Crippen LogP contribution < -0.4 is 15.2 Å². The molecule has 1 atom stereocenters. The molecule has 0 aromatic heterocycles. The number of carboxylic acids is 1. The van der Waals surface area contributed by atoms with Gasteiger partial charge in [-0.2, -0.15) is 0 Å². The lowest BCUT2D eigenvalue weighted by molar-refractivity contribution is -0.138. The van der Waals surface area contributed by atoms with Gasteiger partial charge in [-0.15, -0.1) is 0 Å². The third kappa shape index (κ3) is 2.09. The lowest BCUT2D eigenvalue weighted by Crippen LogP contribution is -2.22.